The number of nitrogens with zero attached hydrogens (tertiary/aromatic N) is 3. The minimum atomic E-state index is -0.156. The Kier molecular flexibility index (Phi) is 5.92. The number of piperidine rings is 1. The van der Waals surface area contributed by atoms with Crippen LogP contribution in [0.5, 0.6) is 0 Å². The minimum Gasteiger partial charge on any atom is -0.466 e. The van der Waals surface area contributed by atoms with Gasteiger partial charge in [0.25, 0.3) is 5.91 Å². The lowest BCUT2D eigenvalue weighted by Gasteiger charge is -2.36. The first-order valence-corrected chi connectivity index (χ1v) is 10.6. The number of ether oxygens (including phenoxy) is 1. The number of benzene rings is 1. The van der Waals surface area contributed by atoms with Gasteiger partial charge in [0.2, 0.25) is 0 Å². The number of nitrogens with one attached hydrogen (secondary N) is 1. The quantitative estimate of drug-likeness (QED) is 0.726. The van der Waals surface area contributed by atoms with Gasteiger partial charge in [-0.25, -0.2) is 0 Å². The normalized spacial score (nSPS) is 18.4. The maximum Gasteiger partial charge on any atom is 0.306 e. The molecule has 1 unspecified atom stereocenters. The first kappa shape index (κ1) is 19.6. The predicted molar refractivity (Wildman–Crippen MR) is 107 cm³/mol. The molecule has 1 aliphatic carbocycles. The van der Waals surface area contributed by atoms with Gasteiger partial charge in [0.1, 0.15) is 0 Å². The predicted octanol–water partition coefficient (Wildman–Crippen LogP) is 3.27. The zero-order valence-electron chi connectivity index (χ0n) is 16.8. The van der Waals surface area contributed by atoms with Crippen LogP contribution in [0.25, 0.3) is 0 Å². The third-order valence-corrected chi connectivity index (χ3v) is 6.06. The molecule has 4 rings (SSSR count). The molecule has 29 heavy (non-hydrogen) atoms. The molecule has 1 atom stereocenters. The summed E-state index contributed by atoms with van der Waals surface area (Å²) < 4.78 is 5.21. The zero-order chi connectivity index (χ0) is 20.2. The maximum atomic E-state index is 13.0. The Bertz CT molecular complexity index is 839. The van der Waals surface area contributed by atoms with Crippen molar-refractivity contribution in [2.45, 2.75) is 50.9 Å². The molecular formula is C22H28N4O3. The Morgan fingerprint density at radius 2 is 1.86 bits per heavy atom. The molecule has 7 nitrogen and oxygen atoms in total. The number of aromatic nitrogens is 3. The number of carbonyl (C=O) groups is 2. The number of H-pyrrole nitrogens is 1. The van der Waals surface area contributed by atoms with E-state index in [2.05, 4.69) is 27.5 Å². The lowest BCUT2D eigenvalue weighted by atomic mass is 9.78. The molecular weight excluding hydrogens is 368 g/mol. The maximum absolute atomic E-state index is 13.0. The Hall–Kier alpha value is -2.70. The van der Waals surface area contributed by atoms with Gasteiger partial charge in [-0.1, -0.05) is 30.3 Å². The van der Waals surface area contributed by atoms with Gasteiger partial charge in [-0.3, -0.25) is 9.59 Å². The summed E-state index contributed by atoms with van der Waals surface area (Å²) in [7, 11) is 0. The number of carbonyl (C=O) groups excluding carboxylic acids is 2. The first-order valence-electron chi connectivity index (χ1n) is 10.6. The minimum absolute atomic E-state index is 0.0271. The van der Waals surface area contributed by atoms with E-state index in [-0.39, 0.29) is 17.8 Å². The molecule has 1 saturated carbocycles. The van der Waals surface area contributed by atoms with Crippen molar-refractivity contribution in [3.63, 3.8) is 0 Å². The first-order chi connectivity index (χ1) is 14.2. The number of hydrogen-bond acceptors (Lipinski definition) is 5. The van der Waals surface area contributed by atoms with Gasteiger partial charge in [0.15, 0.2) is 5.69 Å². The van der Waals surface area contributed by atoms with E-state index >= 15 is 0 Å². The van der Waals surface area contributed by atoms with E-state index in [4.69, 9.17) is 4.74 Å². The molecule has 1 amide bonds. The van der Waals surface area contributed by atoms with Crippen LogP contribution in [-0.2, 0) is 9.53 Å². The van der Waals surface area contributed by atoms with Crippen LogP contribution >= 0.6 is 0 Å². The van der Waals surface area contributed by atoms with E-state index in [1.54, 1.807) is 0 Å². The molecule has 1 N–H and O–H groups in total. The number of rotatable bonds is 7. The summed E-state index contributed by atoms with van der Waals surface area (Å²) in [6.45, 7) is 3.58. The van der Waals surface area contributed by atoms with Crippen molar-refractivity contribution in [1.82, 2.24) is 20.3 Å². The standard InChI is InChI=1S/C22H28N4O3/c1-2-29-19(27)14-18(15-6-4-3-5-7-15)16-10-12-26(13-11-16)22(28)21-20(17-8-9-17)23-25-24-21/h3-7,16-18H,2,8-14H2,1H3,(H,23,24,25). The summed E-state index contributed by atoms with van der Waals surface area (Å²) in [5.74, 6) is 0.655. The molecule has 2 fully saturated rings. The van der Waals surface area contributed by atoms with Gasteiger partial charge in [-0.15, -0.1) is 0 Å². The van der Waals surface area contributed by atoms with Gasteiger partial charge in [0.05, 0.1) is 18.7 Å². The number of aromatic amines is 1. The fourth-order valence-corrected chi connectivity index (χ4v) is 4.35. The highest BCUT2D eigenvalue weighted by Gasteiger charge is 2.36. The van der Waals surface area contributed by atoms with Crippen molar-refractivity contribution in [2.75, 3.05) is 19.7 Å². The molecule has 154 valence electrons. The molecule has 1 aliphatic heterocycles. The average Bonchev–Trinajstić information content (AvgIpc) is 3.49. The topological polar surface area (TPSA) is 88.2 Å². The van der Waals surface area contributed by atoms with Crippen LogP contribution in [0.2, 0.25) is 0 Å². The monoisotopic (exact) mass is 396 g/mol. The molecule has 1 saturated heterocycles. The van der Waals surface area contributed by atoms with Gasteiger partial charge in [-0.2, -0.15) is 15.4 Å². The molecule has 2 aromatic rings. The van der Waals surface area contributed by atoms with Crippen molar-refractivity contribution in [3.8, 4) is 0 Å². The molecule has 0 bridgehead atoms. The summed E-state index contributed by atoms with van der Waals surface area (Å²) >= 11 is 0. The summed E-state index contributed by atoms with van der Waals surface area (Å²) in [6.07, 6.45) is 4.28. The fourth-order valence-electron chi connectivity index (χ4n) is 4.35. The molecule has 0 spiro atoms. The van der Waals surface area contributed by atoms with E-state index in [1.807, 2.05) is 30.0 Å². The second-order valence-electron chi connectivity index (χ2n) is 7.99. The number of hydrogen-bond donors (Lipinski definition) is 1. The second kappa shape index (κ2) is 8.76. The number of esters is 1. The third kappa shape index (κ3) is 4.49. The fraction of sp³-hybridized carbons (Fsp3) is 0.545. The number of likely N-dealkylation sites (tertiary alicyclic amines) is 1. The molecule has 2 heterocycles. The van der Waals surface area contributed by atoms with Crippen molar-refractivity contribution < 1.29 is 14.3 Å². The van der Waals surface area contributed by atoms with Crippen LogP contribution < -0.4 is 0 Å². The SMILES string of the molecule is CCOC(=O)CC(c1ccccc1)C1CCN(C(=O)c2n[nH]nc2C2CC2)CC1. The second-order valence-corrected chi connectivity index (χ2v) is 7.99. The molecule has 1 aromatic heterocycles. The van der Waals surface area contributed by atoms with Gasteiger partial charge in [0, 0.05) is 19.0 Å². The Balaban J connectivity index is 1.42. The van der Waals surface area contributed by atoms with Crippen molar-refractivity contribution in [3.05, 3.63) is 47.3 Å². The van der Waals surface area contributed by atoms with Crippen LogP contribution in [0.3, 0.4) is 0 Å². The third-order valence-electron chi connectivity index (χ3n) is 6.06. The van der Waals surface area contributed by atoms with E-state index < -0.39 is 0 Å². The number of amides is 1. The van der Waals surface area contributed by atoms with Crippen molar-refractivity contribution >= 4 is 11.9 Å². The summed E-state index contributed by atoms with van der Waals surface area (Å²) in [6, 6.07) is 10.2. The van der Waals surface area contributed by atoms with E-state index in [0.29, 0.717) is 43.6 Å². The Morgan fingerprint density at radius 3 is 2.52 bits per heavy atom. The van der Waals surface area contributed by atoms with Gasteiger partial charge < -0.3 is 9.64 Å². The zero-order valence-corrected chi connectivity index (χ0v) is 16.8. The van der Waals surface area contributed by atoms with Crippen LogP contribution in [0.4, 0.5) is 0 Å². The molecule has 1 aromatic carbocycles. The average molecular weight is 396 g/mol. The lowest BCUT2D eigenvalue weighted by Crippen LogP contribution is -2.40. The van der Waals surface area contributed by atoms with Crippen molar-refractivity contribution in [2.24, 2.45) is 5.92 Å². The van der Waals surface area contributed by atoms with E-state index in [1.165, 1.54) is 0 Å². The summed E-state index contributed by atoms with van der Waals surface area (Å²) in [4.78, 5) is 27.0. The van der Waals surface area contributed by atoms with Crippen LogP contribution in [0.1, 0.15) is 72.6 Å². The van der Waals surface area contributed by atoms with Crippen LogP contribution in [0, 0.1) is 5.92 Å². The summed E-state index contributed by atoms with van der Waals surface area (Å²) in [5, 5.41) is 10.9. The highest BCUT2D eigenvalue weighted by molar-refractivity contribution is 5.93. The highest BCUT2D eigenvalue weighted by Crippen LogP contribution is 2.40. The van der Waals surface area contributed by atoms with Gasteiger partial charge >= 0.3 is 5.97 Å². The van der Waals surface area contributed by atoms with E-state index in [9.17, 15) is 9.59 Å². The Morgan fingerprint density at radius 1 is 1.14 bits per heavy atom. The smallest absolute Gasteiger partial charge is 0.306 e. The van der Waals surface area contributed by atoms with Gasteiger partial charge in [-0.05, 0) is 50.0 Å². The highest BCUT2D eigenvalue weighted by atomic mass is 16.5. The summed E-state index contributed by atoms with van der Waals surface area (Å²) in [5.41, 5.74) is 2.47. The Labute approximate surface area is 170 Å². The lowest BCUT2D eigenvalue weighted by molar-refractivity contribution is -0.144. The molecule has 0 radical (unpaired) electrons. The van der Waals surface area contributed by atoms with Crippen molar-refractivity contribution in [1.29, 1.82) is 0 Å². The van der Waals surface area contributed by atoms with Crippen LogP contribution in [-0.4, -0.2) is 51.9 Å². The molecule has 2 aliphatic rings. The van der Waals surface area contributed by atoms with E-state index in [0.717, 1.165) is 36.9 Å². The largest absolute Gasteiger partial charge is 0.466 e. The molecule has 7 heteroatoms. The van der Waals surface area contributed by atoms with Crippen LogP contribution in [0.15, 0.2) is 30.3 Å².